The summed E-state index contributed by atoms with van der Waals surface area (Å²) < 4.78 is 4.97. The molecule has 0 unspecified atom stereocenters. The molecule has 1 heterocycles. The van der Waals surface area contributed by atoms with Crippen molar-refractivity contribution in [2.24, 2.45) is 0 Å². The molecule has 0 aliphatic rings. The van der Waals surface area contributed by atoms with Crippen LogP contribution >= 0.6 is 11.9 Å². The van der Waals surface area contributed by atoms with Crippen LogP contribution in [0, 0.1) is 6.92 Å². The predicted molar refractivity (Wildman–Crippen MR) is 51.5 cm³/mol. The van der Waals surface area contributed by atoms with E-state index in [4.69, 9.17) is 17.0 Å². The second kappa shape index (κ2) is 4.38. The minimum absolute atomic E-state index is 0.458. The van der Waals surface area contributed by atoms with E-state index in [0.717, 1.165) is 23.0 Å². The number of nitrogens with zero attached hydrogens (tertiary/aromatic N) is 1. The molecule has 62 valence electrons. The van der Waals surface area contributed by atoms with Crippen LogP contribution in [-0.4, -0.2) is 12.1 Å². The first-order chi connectivity index (χ1) is 5.74. The van der Waals surface area contributed by atoms with Crippen molar-refractivity contribution in [1.82, 2.24) is 4.98 Å². The molecular weight excluding hydrogens is 171 g/mol. The van der Waals surface area contributed by atoms with E-state index in [2.05, 4.69) is 4.98 Å². The molecule has 0 fully saturated rings. The Balaban J connectivity index is 2.75. The van der Waals surface area contributed by atoms with Gasteiger partial charge in [0.1, 0.15) is 5.82 Å². The normalized spacial score (nSPS) is 10.1. The maximum absolute atomic E-state index is 5.49. The fourth-order valence-electron chi connectivity index (χ4n) is 0.837. The lowest BCUT2D eigenvalue weighted by atomic mass is 10.2. The van der Waals surface area contributed by atoms with Gasteiger partial charge in [0.25, 0.3) is 0 Å². The van der Waals surface area contributed by atoms with Gasteiger partial charge in [0.05, 0.1) is 6.61 Å². The van der Waals surface area contributed by atoms with Crippen molar-refractivity contribution in [3.8, 4) is 0 Å². The van der Waals surface area contributed by atoms with Crippen molar-refractivity contribution in [1.29, 1.82) is 0 Å². The molecule has 0 saturated heterocycles. The van der Waals surface area contributed by atoms with Gasteiger partial charge in [-0.3, -0.25) is 0 Å². The van der Waals surface area contributed by atoms with Crippen molar-refractivity contribution >= 4 is 24.8 Å². The summed E-state index contributed by atoms with van der Waals surface area (Å²) in [5, 5.41) is 0. The highest BCUT2D eigenvalue weighted by Crippen LogP contribution is 2.12. The number of hydrogen-bond donors (Lipinski definition) is 1. The summed E-state index contributed by atoms with van der Waals surface area (Å²) in [6.45, 7) is 2.41. The molecule has 0 spiro atoms. The fraction of sp³-hybridized carbons (Fsp3) is 0.286. The van der Waals surface area contributed by atoms with Crippen LogP contribution in [0.3, 0.4) is 0 Å². The van der Waals surface area contributed by atoms with Crippen LogP contribution < -0.4 is 5.73 Å². The standard InChI is InChI=1S/C7H9BN2OS/c1-5-3-10-7(9)2-6(5)4-11-12-8/h2-3H,4H2,1H3,(H2,9,10). The lowest BCUT2D eigenvalue weighted by Crippen LogP contribution is -1.96. The monoisotopic (exact) mass is 180 g/mol. The predicted octanol–water partition coefficient (Wildman–Crippen LogP) is 1.22. The molecule has 0 bridgehead atoms. The molecule has 1 aromatic rings. The number of pyridine rings is 1. The maximum Gasteiger partial charge on any atom is 0.203 e. The first-order valence-electron chi connectivity index (χ1n) is 3.43. The lowest BCUT2D eigenvalue weighted by Gasteiger charge is -2.04. The SMILES string of the molecule is [B]SOCc1cc(N)ncc1C. The molecule has 2 radical (unpaired) electrons. The molecule has 1 rings (SSSR count). The summed E-state index contributed by atoms with van der Waals surface area (Å²) in [6.07, 6.45) is 1.72. The van der Waals surface area contributed by atoms with Crippen molar-refractivity contribution < 1.29 is 4.18 Å². The van der Waals surface area contributed by atoms with Gasteiger partial charge in [-0.1, -0.05) is 11.9 Å². The topological polar surface area (TPSA) is 48.1 Å². The van der Waals surface area contributed by atoms with Crippen molar-refractivity contribution in [3.05, 3.63) is 23.4 Å². The minimum Gasteiger partial charge on any atom is -0.384 e. The third-order valence-corrected chi connectivity index (χ3v) is 1.77. The Morgan fingerprint density at radius 3 is 3.17 bits per heavy atom. The van der Waals surface area contributed by atoms with E-state index in [9.17, 15) is 0 Å². The average Bonchev–Trinajstić information content (AvgIpc) is 2.07. The highest BCUT2D eigenvalue weighted by molar-refractivity contribution is 8.15. The molecular formula is C7H9BN2OS. The molecule has 0 amide bonds. The van der Waals surface area contributed by atoms with Crippen molar-refractivity contribution in [2.75, 3.05) is 5.73 Å². The third kappa shape index (κ3) is 2.42. The Kier molecular flexibility index (Phi) is 3.43. The molecule has 1 aromatic heterocycles. The quantitative estimate of drug-likeness (QED) is 0.561. The molecule has 0 saturated carbocycles. The molecule has 0 aliphatic carbocycles. The number of anilines is 1. The Hall–Kier alpha value is -0.675. The summed E-state index contributed by atoms with van der Waals surface area (Å²) in [7, 11) is 5.11. The van der Waals surface area contributed by atoms with Crippen LogP contribution in [0.4, 0.5) is 5.82 Å². The first-order valence-corrected chi connectivity index (χ1v) is 4.24. The molecule has 3 nitrogen and oxygen atoms in total. The van der Waals surface area contributed by atoms with E-state index in [1.807, 2.05) is 6.92 Å². The zero-order chi connectivity index (χ0) is 8.97. The summed E-state index contributed by atoms with van der Waals surface area (Å²) in [6, 6.07) is 1.78. The van der Waals surface area contributed by atoms with Gasteiger partial charge in [-0.15, -0.1) is 0 Å². The van der Waals surface area contributed by atoms with Gasteiger partial charge in [-0.25, -0.2) is 4.98 Å². The van der Waals surface area contributed by atoms with Gasteiger partial charge in [0.15, 0.2) is 0 Å². The highest BCUT2D eigenvalue weighted by atomic mass is 32.2. The number of hydrogen-bond acceptors (Lipinski definition) is 4. The second-order valence-electron chi connectivity index (χ2n) is 2.39. The van der Waals surface area contributed by atoms with Crippen LogP contribution in [-0.2, 0) is 10.8 Å². The van der Waals surface area contributed by atoms with Gasteiger partial charge in [-0.05, 0) is 24.1 Å². The zero-order valence-electron chi connectivity index (χ0n) is 6.78. The van der Waals surface area contributed by atoms with Gasteiger partial charge in [-0.2, -0.15) is 0 Å². The number of nitrogens with two attached hydrogens (primary N) is 1. The maximum atomic E-state index is 5.49. The van der Waals surface area contributed by atoms with Gasteiger partial charge in [0, 0.05) is 6.20 Å². The number of aryl methyl sites for hydroxylation is 1. The second-order valence-corrected chi connectivity index (χ2v) is 2.82. The Morgan fingerprint density at radius 1 is 1.75 bits per heavy atom. The number of aromatic nitrogens is 1. The molecule has 2 N–H and O–H groups in total. The van der Waals surface area contributed by atoms with E-state index in [-0.39, 0.29) is 0 Å². The van der Waals surface area contributed by atoms with E-state index in [1.165, 1.54) is 0 Å². The molecule has 0 atom stereocenters. The number of rotatable bonds is 3. The summed E-state index contributed by atoms with van der Waals surface area (Å²) in [4.78, 5) is 3.93. The van der Waals surface area contributed by atoms with Crippen LogP contribution in [0.5, 0.6) is 0 Å². The summed E-state index contributed by atoms with van der Waals surface area (Å²) in [5.74, 6) is 0.501. The summed E-state index contributed by atoms with van der Waals surface area (Å²) >= 11 is 0.850. The number of nitrogen functional groups attached to an aromatic ring is 1. The lowest BCUT2D eigenvalue weighted by molar-refractivity contribution is 0.368. The fourth-order valence-corrected chi connectivity index (χ4v) is 1.03. The zero-order valence-corrected chi connectivity index (χ0v) is 7.60. The van der Waals surface area contributed by atoms with E-state index >= 15 is 0 Å². The van der Waals surface area contributed by atoms with Crippen molar-refractivity contribution in [2.45, 2.75) is 13.5 Å². The van der Waals surface area contributed by atoms with Crippen LogP contribution in [0.1, 0.15) is 11.1 Å². The van der Waals surface area contributed by atoms with Crippen LogP contribution in [0.2, 0.25) is 0 Å². The first kappa shape index (κ1) is 9.41. The average molecular weight is 180 g/mol. The minimum atomic E-state index is 0.458. The Morgan fingerprint density at radius 2 is 2.50 bits per heavy atom. The Labute approximate surface area is 77.2 Å². The third-order valence-electron chi connectivity index (χ3n) is 1.52. The van der Waals surface area contributed by atoms with Gasteiger partial charge >= 0.3 is 0 Å². The van der Waals surface area contributed by atoms with Crippen LogP contribution in [0.25, 0.3) is 0 Å². The largest absolute Gasteiger partial charge is 0.384 e. The van der Waals surface area contributed by atoms with E-state index in [0.29, 0.717) is 12.4 Å². The van der Waals surface area contributed by atoms with Crippen LogP contribution in [0.15, 0.2) is 12.3 Å². The van der Waals surface area contributed by atoms with E-state index in [1.54, 1.807) is 12.3 Å². The summed E-state index contributed by atoms with van der Waals surface area (Å²) in [5.41, 5.74) is 7.56. The van der Waals surface area contributed by atoms with Crippen molar-refractivity contribution in [3.63, 3.8) is 0 Å². The Bertz CT molecular complexity index is 270. The molecule has 0 aromatic carbocycles. The molecule has 0 aliphatic heterocycles. The smallest absolute Gasteiger partial charge is 0.203 e. The highest BCUT2D eigenvalue weighted by Gasteiger charge is 1.99. The van der Waals surface area contributed by atoms with Gasteiger partial charge in [0.2, 0.25) is 7.12 Å². The molecule has 5 heteroatoms. The van der Waals surface area contributed by atoms with E-state index < -0.39 is 0 Å². The van der Waals surface area contributed by atoms with Gasteiger partial charge < -0.3 is 9.92 Å². The molecule has 12 heavy (non-hydrogen) atoms.